The van der Waals surface area contributed by atoms with Gasteiger partial charge in [0.15, 0.2) is 11.7 Å². The predicted molar refractivity (Wildman–Crippen MR) is 132 cm³/mol. The van der Waals surface area contributed by atoms with Crippen molar-refractivity contribution in [2.75, 3.05) is 14.2 Å². The van der Waals surface area contributed by atoms with Gasteiger partial charge in [-0.3, -0.25) is 14.4 Å². The summed E-state index contributed by atoms with van der Waals surface area (Å²) in [5, 5.41) is 11.8. The van der Waals surface area contributed by atoms with Gasteiger partial charge in [0, 0.05) is 12.3 Å². The van der Waals surface area contributed by atoms with Gasteiger partial charge in [0.05, 0.1) is 20.3 Å². The smallest absolute Gasteiger partial charge is 0.320 e. The fourth-order valence-corrected chi connectivity index (χ4v) is 9.28. The topological polar surface area (TPSA) is 89.9 Å². The Balaban J connectivity index is 1.62. The molecule has 0 heterocycles. The third-order valence-electron chi connectivity index (χ3n) is 11.0. The lowest BCUT2D eigenvalue weighted by Gasteiger charge is -2.62. The summed E-state index contributed by atoms with van der Waals surface area (Å²) in [6, 6.07) is 0. The van der Waals surface area contributed by atoms with E-state index in [1.807, 2.05) is 6.08 Å². The summed E-state index contributed by atoms with van der Waals surface area (Å²) in [4.78, 5) is 37.0. The number of carbonyl (C=O) groups is 3. The molecule has 0 aliphatic heterocycles. The first-order chi connectivity index (χ1) is 16.5. The van der Waals surface area contributed by atoms with Gasteiger partial charge in [-0.15, -0.1) is 0 Å². The zero-order valence-corrected chi connectivity index (χ0v) is 22.3. The Morgan fingerprint density at radius 2 is 1.74 bits per heavy atom. The van der Waals surface area contributed by atoms with Gasteiger partial charge in [-0.2, -0.15) is 0 Å². The van der Waals surface area contributed by atoms with Crippen molar-refractivity contribution in [1.29, 1.82) is 0 Å². The van der Waals surface area contributed by atoms with Crippen LogP contribution in [-0.2, 0) is 23.9 Å². The van der Waals surface area contributed by atoms with Gasteiger partial charge >= 0.3 is 11.9 Å². The SMILES string of the molecule is CC[C@@H]1C2=CC(=O)CC[C@]2(C)C2CC[C@@]3(C)C(CCC3[C@H](C)CC(C(=O)OC)C(=O)OC)C2[C@H]1O. The molecule has 0 radical (unpaired) electrons. The highest BCUT2D eigenvalue weighted by Gasteiger charge is 2.63. The van der Waals surface area contributed by atoms with E-state index < -0.39 is 24.0 Å². The van der Waals surface area contributed by atoms with Crippen molar-refractivity contribution in [1.82, 2.24) is 0 Å². The summed E-state index contributed by atoms with van der Waals surface area (Å²) in [6.45, 7) is 9.03. The molecule has 6 heteroatoms. The average Bonchev–Trinajstić information content (AvgIpc) is 3.20. The third kappa shape index (κ3) is 4.08. The van der Waals surface area contributed by atoms with Gasteiger partial charge < -0.3 is 14.6 Å². The first-order valence-electron chi connectivity index (χ1n) is 13.6. The van der Waals surface area contributed by atoms with Gasteiger partial charge in [-0.1, -0.05) is 33.3 Å². The Hall–Kier alpha value is -1.69. The molecule has 9 atom stereocenters. The molecule has 196 valence electrons. The van der Waals surface area contributed by atoms with Gasteiger partial charge in [-0.25, -0.2) is 0 Å². The maximum absolute atomic E-state index is 12.3. The van der Waals surface area contributed by atoms with E-state index in [1.165, 1.54) is 19.8 Å². The van der Waals surface area contributed by atoms with Crippen molar-refractivity contribution in [3.8, 4) is 0 Å². The van der Waals surface area contributed by atoms with E-state index in [0.29, 0.717) is 30.6 Å². The van der Waals surface area contributed by atoms with Crippen molar-refractivity contribution < 1.29 is 29.0 Å². The molecule has 4 aliphatic carbocycles. The Morgan fingerprint density at radius 3 is 2.34 bits per heavy atom. The van der Waals surface area contributed by atoms with Crippen LogP contribution >= 0.6 is 0 Å². The summed E-state index contributed by atoms with van der Waals surface area (Å²) in [6.07, 6.45) is 8.47. The molecular formula is C29H44O6. The number of aliphatic hydroxyl groups excluding tert-OH is 1. The van der Waals surface area contributed by atoms with Crippen LogP contribution in [0.15, 0.2) is 11.6 Å². The van der Waals surface area contributed by atoms with Crippen LogP contribution in [0.5, 0.6) is 0 Å². The standard InChI is InChI=1S/C29H44O6/c1-7-18-23-15-17(30)10-12-29(23,4)22-11-13-28(3)20(8-9-21(28)24(22)25(18)31)16(2)14-19(26(32)34-5)27(33)35-6/h15-16,18-22,24-25,31H,7-14H2,1-6H3/t16-,18-,20?,21?,22?,24?,25+,28-,29-/m1/s1. The lowest BCUT2D eigenvalue weighted by Crippen LogP contribution is -2.58. The zero-order chi connectivity index (χ0) is 25.7. The van der Waals surface area contributed by atoms with Crippen LogP contribution in [0.3, 0.4) is 0 Å². The molecule has 6 nitrogen and oxygen atoms in total. The predicted octanol–water partition coefficient (Wildman–Crippen LogP) is 4.73. The highest BCUT2D eigenvalue weighted by atomic mass is 16.5. The summed E-state index contributed by atoms with van der Waals surface area (Å²) in [5.74, 6) is -0.137. The maximum atomic E-state index is 12.3. The van der Waals surface area contributed by atoms with Gasteiger partial charge in [-0.05, 0) is 91.4 Å². The third-order valence-corrected chi connectivity index (χ3v) is 11.0. The lowest BCUT2D eigenvalue weighted by molar-refractivity contribution is -0.160. The number of ketones is 1. The maximum Gasteiger partial charge on any atom is 0.320 e. The number of esters is 2. The molecule has 1 N–H and O–H groups in total. The normalized spacial score (nSPS) is 41.4. The van der Waals surface area contributed by atoms with Gasteiger partial charge in [0.1, 0.15) is 0 Å². The second kappa shape index (κ2) is 9.64. The zero-order valence-electron chi connectivity index (χ0n) is 22.3. The number of rotatable bonds is 6. The lowest BCUT2D eigenvalue weighted by atomic mass is 9.43. The van der Waals surface area contributed by atoms with Crippen LogP contribution in [-0.4, -0.2) is 43.2 Å². The molecule has 4 unspecified atom stereocenters. The van der Waals surface area contributed by atoms with E-state index in [1.54, 1.807) is 0 Å². The van der Waals surface area contributed by atoms with E-state index in [-0.39, 0.29) is 34.4 Å². The molecule has 0 amide bonds. The van der Waals surface area contributed by atoms with Crippen LogP contribution in [0.1, 0.15) is 79.1 Å². The van der Waals surface area contributed by atoms with Crippen molar-refractivity contribution in [2.45, 2.75) is 85.2 Å². The van der Waals surface area contributed by atoms with Crippen molar-refractivity contribution in [3.05, 3.63) is 11.6 Å². The number of aliphatic hydroxyl groups is 1. The molecule has 35 heavy (non-hydrogen) atoms. The van der Waals surface area contributed by atoms with E-state index in [9.17, 15) is 19.5 Å². The van der Waals surface area contributed by atoms with Crippen LogP contribution in [0.4, 0.5) is 0 Å². The largest absolute Gasteiger partial charge is 0.468 e. The minimum atomic E-state index is -0.893. The van der Waals surface area contributed by atoms with Gasteiger partial charge in [0.25, 0.3) is 0 Å². The Kier molecular flexibility index (Phi) is 7.27. The second-order valence-corrected chi connectivity index (χ2v) is 12.3. The summed E-state index contributed by atoms with van der Waals surface area (Å²) < 4.78 is 9.81. The van der Waals surface area contributed by atoms with Crippen LogP contribution in [0.2, 0.25) is 0 Å². The van der Waals surface area contributed by atoms with Crippen molar-refractivity contribution >= 4 is 17.7 Å². The van der Waals surface area contributed by atoms with E-state index in [0.717, 1.165) is 38.5 Å². The molecule has 0 aromatic heterocycles. The molecule has 4 aliphatic rings. The van der Waals surface area contributed by atoms with E-state index in [4.69, 9.17) is 9.47 Å². The molecule has 0 aromatic rings. The fourth-order valence-electron chi connectivity index (χ4n) is 9.28. The van der Waals surface area contributed by atoms with Crippen LogP contribution < -0.4 is 0 Å². The molecule has 3 saturated carbocycles. The second-order valence-electron chi connectivity index (χ2n) is 12.3. The van der Waals surface area contributed by atoms with E-state index >= 15 is 0 Å². The van der Waals surface area contributed by atoms with E-state index in [2.05, 4.69) is 27.7 Å². The summed E-state index contributed by atoms with van der Waals surface area (Å²) in [5.41, 5.74) is 1.25. The van der Waals surface area contributed by atoms with Crippen molar-refractivity contribution in [2.24, 2.45) is 52.3 Å². The first kappa shape index (κ1) is 26.4. The molecule has 3 fully saturated rings. The molecular weight excluding hydrogens is 444 g/mol. The Morgan fingerprint density at radius 1 is 1.09 bits per heavy atom. The number of ether oxygens (including phenoxy) is 2. The summed E-state index contributed by atoms with van der Waals surface area (Å²) >= 11 is 0. The highest BCUT2D eigenvalue weighted by molar-refractivity contribution is 5.94. The Labute approximate surface area is 210 Å². The average molecular weight is 489 g/mol. The number of hydrogen-bond donors (Lipinski definition) is 1. The Bertz CT molecular complexity index is 878. The fraction of sp³-hybridized carbons (Fsp3) is 0.828. The monoisotopic (exact) mass is 488 g/mol. The van der Waals surface area contributed by atoms with Gasteiger partial charge in [0.2, 0.25) is 0 Å². The quantitative estimate of drug-likeness (QED) is 0.429. The number of fused-ring (bicyclic) bond motifs is 5. The number of carbonyl (C=O) groups excluding carboxylic acids is 3. The first-order valence-corrected chi connectivity index (χ1v) is 13.6. The molecule has 0 bridgehead atoms. The minimum absolute atomic E-state index is 0.00954. The number of hydrogen-bond acceptors (Lipinski definition) is 6. The highest BCUT2D eigenvalue weighted by Crippen LogP contribution is 2.68. The molecule has 0 saturated heterocycles. The molecule has 4 rings (SSSR count). The number of methoxy groups -OCH3 is 2. The minimum Gasteiger partial charge on any atom is -0.468 e. The molecule has 0 spiro atoms. The molecule has 0 aromatic carbocycles. The summed E-state index contributed by atoms with van der Waals surface area (Å²) in [7, 11) is 2.63. The van der Waals surface area contributed by atoms with Crippen LogP contribution in [0, 0.1) is 52.3 Å². The van der Waals surface area contributed by atoms with Crippen molar-refractivity contribution in [3.63, 3.8) is 0 Å². The van der Waals surface area contributed by atoms with Crippen LogP contribution in [0.25, 0.3) is 0 Å².